The summed E-state index contributed by atoms with van der Waals surface area (Å²) in [5.41, 5.74) is -0.167. The van der Waals surface area contributed by atoms with Crippen LogP contribution in [0.4, 0.5) is 0 Å². The summed E-state index contributed by atoms with van der Waals surface area (Å²) in [6, 6.07) is 3.29. The van der Waals surface area contributed by atoms with E-state index in [0.717, 1.165) is 0 Å². The number of fused-ring (bicyclic) bond motifs is 1. The van der Waals surface area contributed by atoms with E-state index in [4.69, 9.17) is 11.0 Å². The van der Waals surface area contributed by atoms with Gasteiger partial charge in [0.15, 0.2) is 0 Å². The number of rotatable bonds is 0. The van der Waals surface area contributed by atoms with Gasteiger partial charge in [0.05, 0.1) is 1.37 Å². The second-order valence-electron chi connectivity index (χ2n) is 2.30. The molecule has 0 saturated carbocycles. The lowest BCUT2D eigenvalue weighted by Crippen LogP contribution is -2.27. The lowest BCUT2D eigenvalue weighted by atomic mass is 9.96. The SMILES string of the molecule is [2H]C([2H])([2H])C1([2H])NC([2H])([2H])C([2H])([2H])c2ccccc21. The van der Waals surface area contributed by atoms with Gasteiger partial charge in [-0.15, -0.1) is 0 Å². The van der Waals surface area contributed by atoms with Crippen LogP contribution in [0.2, 0.25) is 0 Å². The molecule has 0 fully saturated rings. The molecule has 0 amide bonds. The molecule has 0 bridgehead atoms. The van der Waals surface area contributed by atoms with Gasteiger partial charge in [-0.05, 0) is 30.8 Å². The first-order chi connectivity index (χ1) is 8.43. The molecule has 1 aromatic rings. The van der Waals surface area contributed by atoms with Gasteiger partial charge in [-0.3, -0.25) is 0 Å². The second kappa shape index (κ2) is 2.67. The minimum absolute atomic E-state index is 0.0601. The molecule has 1 aliphatic heterocycles. The van der Waals surface area contributed by atoms with E-state index >= 15 is 0 Å². The molecule has 1 atom stereocenters. The van der Waals surface area contributed by atoms with Crippen molar-refractivity contribution in [3.8, 4) is 0 Å². The van der Waals surface area contributed by atoms with Gasteiger partial charge in [-0.25, -0.2) is 0 Å². The highest BCUT2D eigenvalue weighted by Gasteiger charge is 2.13. The van der Waals surface area contributed by atoms with Crippen LogP contribution in [-0.2, 0) is 6.37 Å². The van der Waals surface area contributed by atoms with Crippen LogP contribution in [0.25, 0.3) is 0 Å². The van der Waals surface area contributed by atoms with Crippen LogP contribution >= 0.6 is 0 Å². The maximum absolute atomic E-state index is 8.11. The molecule has 11 heavy (non-hydrogen) atoms. The minimum Gasteiger partial charge on any atom is -0.310 e. The first kappa shape index (κ1) is 2.33. The molecule has 1 heterocycles. The predicted molar refractivity (Wildman–Crippen MR) is 46.6 cm³/mol. The van der Waals surface area contributed by atoms with Gasteiger partial charge in [0.1, 0.15) is 0 Å². The summed E-state index contributed by atoms with van der Waals surface area (Å²) in [4.78, 5) is 0. The molecule has 1 N–H and O–H groups in total. The first-order valence-electron chi connectivity index (χ1n) is 7.33. The Morgan fingerprint density at radius 2 is 2.64 bits per heavy atom. The molecular weight excluding hydrogens is 134 g/mol. The Labute approximate surface area is 78.7 Å². The van der Waals surface area contributed by atoms with Crippen LogP contribution in [0.3, 0.4) is 0 Å². The fourth-order valence-corrected chi connectivity index (χ4v) is 1.04. The van der Waals surface area contributed by atoms with Crippen molar-refractivity contribution in [2.45, 2.75) is 19.2 Å². The van der Waals surface area contributed by atoms with Crippen molar-refractivity contribution < 1.29 is 11.0 Å². The lowest BCUT2D eigenvalue weighted by Gasteiger charge is -2.23. The van der Waals surface area contributed by atoms with Crippen molar-refractivity contribution in [1.82, 2.24) is 5.32 Å². The quantitative estimate of drug-likeness (QED) is 0.603. The average Bonchev–Trinajstić information content (AvgIpc) is 2.25. The highest BCUT2D eigenvalue weighted by molar-refractivity contribution is 5.31. The van der Waals surface area contributed by atoms with E-state index < -0.39 is 25.7 Å². The zero-order chi connectivity index (χ0) is 14.7. The van der Waals surface area contributed by atoms with Crippen molar-refractivity contribution in [3.63, 3.8) is 0 Å². The number of aryl methyl sites for hydroxylation is 1. The van der Waals surface area contributed by atoms with E-state index in [-0.39, 0.29) is 11.1 Å². The summed E-state index contributed by atoms with van der Waals surface area (Å²) in [5.74, 6) is 0. The maximum atomic E-state index is 8.11. The van der Waals surface area contributed by atoms with Gasteiger partial charge in [0.2, 0.25) is 0 Å². The van der Waals surface area contributed by atoms with Crippen LogP contribution in [0.5, 0.6) is 0 Å². The summed E-state index contributed by atoms with van der Waals surface area (Å²) in [7, 11) is 0. The standard InChI is InChI=1S/C10H13N/c1-8-10-5-3-2-4-9(10)6-7-11-8/h2-5,8,11H,6-7H2,1H3/i1D3,6D2,7D2,8D. The van der Waals surface area contributed by atoms with Crippen LogP contribution in [0.15, 0.2) is 24.3 Å². The summed E-state index contributed by atoms with van der Waals surface area (Å²) < 4.78 is 61.6. The molecule has 0 spiro atoms. The summed E-state index contributed by atoms with van der Waals surface area (Å²) in [6.45, 7) is -5.48. The van der Waals surface area contributed by atoms with E-state index in [2.05, 4.69) is 0 Å². The maximum Gasteiger partial charge on any atom is 0.0513 e. The van der Waals surface area contributed by atoms with Gasteiger partial charge in [-0.1, -0.05) is 24.3 Å². The molecule has 1 aliphatic rings. The fourth-order valence-electron chi connectivity index (χ4n) is 1.04. The van der Waals surface area contributed by atoms with Gasteiger partial charge >= 0.3 is 0 Å². The number of nitrogens with one attached hydrogen (secondary N) is 1. The van der Waals surface area contributed by atoms with E-state index in [0.29, 0.717) is 0 Å². The van der Waals surface area contributed by atoms with Crippen LogP contribution in [0, 0.1) is 0 Å². The Morgan fingerprint density at radius 3 is 3.55 bits per heavy atom. The third kappa shape index (κ3) is 1.16. The Hall–Kier alpha value is -0.820. The summed E-state index contributed by atoms with van der Waals surface area (Å²) >= 11 is 0. The largest absolute Gasteiger partial charge is 0.310 e. The van der Waals surface area contributed by atoms with Gasteiger partial charge in [0.25, 0.3) is 0 Å². The van der Waals surface area contributed by atoms with Gasteiger partial charge in [0, 0.05) is 15.6 Å². The van der Waals surface area contributed by atoms with Gasteiger partial charge in [-0.2, -0.15) is 0 Å². The molecule has 1 aromatic carbocycles. The molecular formula is C10H13N. The lowest BCUT2D eigenvalue weighted by molar-refractivity contribution is 0.541. The second-order valence-corrected chi connectivity index (χ2v) is 2.30. The highest BCUT2D eigenvalue weighted by atomic mass is 14.9. The molecule has 58 valence electrons. The van der Waals surface area contributed by atoms with E-state index in [1.165, 1.54) is 24.3 Å². The van der Waals surface area contributed by atoms with E-state index in [1.54, 1.807) is 0 Å². The van der Waals surface area contributed by atoms with Crippen molar-refractivity contribution in [3.05, 3.63) is 35.4 Å². The van der Waals surface area contributed by atoms with Crippen molar-refractivity contribution >= 4 is 0 Å². The zero-order valence-electron chi connectivity index (χ0n) is 13.8. The zero-order valence-corrected chi connectivity index (χ0v) is 5.81. The Balaban J connectivity index is 2.77. The van der Waals surface area contributed by atoms with Gasteiger partial charge < -0.3 is 5.32 Å². The monoisotopic (exact) mass is 155 g/mol. The molecule has 0 aliphatic carbocycles. The summed E-state index contributed by atoms with van der Waals surface area (Å²) in [6.07, 6.45) is -2.42. The normalized spacial score (nSPS) is 50.5. The number of hydrogen-bond donors (Lipinski definition) is 1. The van der Waals surface area contributed by atoms with Crippen molar-refractivity contribution in [2.24, 2.45) is 0 Å². The number of hydrogen-bond acceptors (Lipinski definition) is 1. The highest BCUT2D eigenvalue weighted by Crippen LogP contribution is 2.21. The van der Waals surface area contributed by atoms with Crippen LogP contribution in [0.1, 0.15) is 35.0 Å². The first-order valence-corrected chi connectivity index (χ1v) is 3.33. The van der Waals surface area contributed by atoms with Crippen LogP contribution < -0.4 is 5.32 Å². The Bertz CT molecular complexity index is 508. The molecule has 1 nitrogen and oxygen atoms in total. The molecule has 0 radical (unpaired) electrons. The molecule has 0 saturated heterocycles. The molecule has 0 aromatic heterocycles. The fraction of sp³-hybridized carbons (Fsp3) is 0.400. The average molecular weight is 155 g/mol. The van der Waals surface area contributed by atoms with E-state index in [1.807, 2.05) is 5.32 Å². The number of benzene rings is 1. The summed E-state index contributed by atoms with van der Waals surface area (Å²) in [5, 5.41) is 2.02. The minimum atomic E-state index is -2.83. The molecule has 2 rings (SSSR count). The Morgan fingerprint density at radius 1 is 1.73 bits per heavy atom. The van der Waals surface area contributed by atoms with E-state index in [9.17, 15) is 0 Å². The van der Waals surface area contributed by atoms with Crippen molar-refractivity contribution in [2.75, 3.05) is 6.50 Å². The van der Waals surface area contributed by atoms with Crippen molar-refractivity contribution in [1.29, 1.82) is 0 Å². The molecule has 1 unspecified atom stereocenters. The molecule has 1 heteroatoms. The third-order valence-corrected chi connectivity index (χ3v) is 1.58. The smallest absolute Gasteiger partial charge is 0.0513 e. The Kier molecular flexibility index (Phi) is 0.565. The predicted octanol–water partition coefficient (Wildman–Crippen LogP) is 1.89. The third-order valence-electron chi connectivity index (χ3n) is 1.58. The topological polar surface area (TPSA) is 12.0 Å². The van der Waals surface area contributed by atoms with Crippen LogP contribution in [-0.4, -0.2) is 6.50 Å².